The first kappa shape index (κ1) is 24.7. The fourth-order valence-electron chi connectivity index (χ4n) is 3.65. The van der Waals surface area contributed by atoms with Gasteiger partial charge in [-0.3, -0.25) is 4.79 Å². The molecule has 0 atom stereocenters. The summed E-state index contributed by atoms with van der Waals surface area (Å²) in [6, 6.07) is 2.72. The molecule has 1 aliphatic rings. The number of nitrogens with one attached hydrogen (secondary N) is 1. The van der Waals surface area contributed by atoms with Crippen LogP contribution >= 0.6 is 34.8 Å². The summed E-state index contributed by atoms with van der Waals surface area (Å²) in [7, 11) is 0.133. The van der Waals surface area contributed by atoms with Gasteiger partial charge in [0.2, 0.25) is 15.9 Å². The van der Waals surface area contributed by atoms with E-state index in [2.05, 4.69) is 24.1 Å². The van der Waals surface area contributed by atoms with Gasteiger partial charge in [-0.2, -0.15) is 4.31 Å². The van der Waals surface area contributed by atoms with Crippen molar-refractivity contribution in [1.82, 2.24) is 14.5 Å². The average Bonchev–Trinajstić information content (AvgIpc) is 2.57. The van der Waals surface area contributed by atoms with Gasteiger partial charge < -0.3 is 10.2 Å². The number of benzene rings is 1. The van der Waals surface area contributed by atoms with E-state index >= 15 is 0 Å². The van der Waals surface area contributed by atoms with Crippen LogP contribution in [0, 0.1) is 11.3 Å². The fraction of sp³-hybridized carbons (Fsp3) is 0.632. The number of nitrogens with zero attached hydrogens (tertiary/aromatic N) is 2. The highest BCUT2D eigenvalue weighted by Gasteiger charge is 2.35. The molecule has 0 saturated carbocycles. The summed E-state index contributed by atoms with van der Waals surface area (Å²) in [5.41, 5.74) is -0.0503. The van der Waals surface area contributed by atoms with Gasteiger partial charge >= 0.3 is 0 Å². The lowest BCUT2D eigenvalue weighted by molar-refractivity contribution is -0.126. The molecule has 29 heavy (non-hydrogen) atoms. The van der Waals surface area contributed by atoms with Crippen molar-refractivity contribution < 1.29 is 13.2 Å². The smallest absolute Gasteiger partial charge is 0.246 e. The molecule has 10 heteroatoms. The maximum atomic E-state index is 13.0. The van der Waals surface area contributed by atoms with E-state index in [1.807, 2.05) is 14.1 Å². The zero-order valence-electron chi connectivity index (χ0n) is 17.1. The number of rotatable bonds is 7. The molecule has 1 aromatic carbocycles. The summed E-state index contributed by atoms with van der Waals surface area (Å²) in [4.78, 5) is 14.5. The quantitative estimate of drug-likeness (QED) is 0.640. The molecule has 1 saturated heterocycles. The summed E-state index contributed by atoms with van der Waals surface area (Å²) >= 11 is 18.1. The summed E-state index contributed by atoms with van der Waals surface area (Å²) in [6.07, 6.45) is 0.893. The van der Waals surface area contributed by atoms with Crippen molar-refractivity contribution in [2.75, 3.05) is 40.3 Å². The van der Waals surface area contributed by atoms with Gasteiger partial charge in [0.15, 0.2) is 0 Å². The number of halogens is 3. The molecule has 0 aromatic heterocycles. The van der Waals surface area contributed by atoms with Crippen molar-refractivity contribution in [3.05, 3.63) is 27.2 Å². The lowest BCUT2D eigenvalue weighted by atomic mass is 9.91. The average molecular weight is 485 g/mol. The summed E-state index contributed by atoms with van der Waals surface area (Å²) in [6.45, 7) is 6.09. The Morgan fingerprint density at radius 3 is 2.17 bits per heavy atom. The molecule has 1 fully saturated rings. The highest BCUT2D eigenvalue weighted by molar-refractivity contribution is 7.89. The Bertz CT molecular complexity index is 828. The molecule has 0 aliphatic carbocycles. The number of piperidine rings is 1. The van der Waals surface area contributed by atoms with Gasteiger partial charge in [-0.1, -0.05) is 48.7 Å². The number of hydrogen-bond acceptors (Lipinski definition) is 4. The Morgan fingerprint density at radius 2 is 1.69 bits per heavy atom. The SMILES string of the molecule is CN(C)CC(C)(C)CNC(=O)C1CCN(S(=O)(=O)c2c(Cl)cc(Cl)cc2Cl)CC1. The molecule has 2 rings (SSSR count). The van der Waals surface area contributed by atoms with E-state index in [-0.39, 0.29) is 50.3 Å². The molecule has 0 spiro atoms. The van der Waals surface area contributed by atoms with Gasteiger partial charge in [0.05, 0.1) is 10.0 Å². The number of carbonyl (C=O) groups is 1. The lowest BCUT2D eigenvalue weighted by Crippen LogP contribution is -2.46. The molecule has 1 aliphatic heterocycles. The van der Waals surface area contributed by atoms with Crippen LogP contribution in [0.4, 0.5) is 0 Å². The molecule has 0 bridgehead atoms. The second kappa shape index (κ2) is 9.71. The Balaban J connectivity index is 1.99. The maximum absolute atomic E-state index is 13.0. The summed E-state index contributed by atoms with van der Waals surface area (Å²) < 4.78 is 27.3. The molecule has 1 aromatic rings. The molecular weight excluding hydrogens is 457 g/mol. The zero-order valence-corrected chi connectivity index (χ0v) is 20.2. The van der Waals surface area contributed by atoms with Crippen LogP contribution in [0.1, 0.15) is 26.7 Å². The molecule has 6 nitrogen and oxygen atoms in total. The minimum atomic E-state index is -3.86. The van der Waals surface area contributed by atoms with Gasteiger partial charge in [0.1, 0.15) is 4.90 Å². The standard InChI is InChI=1S/C19H28Cl3N3O3S/c1-19(2,12-24(3)4)11-23-18(26)13-5-7-25(8-6-13)29(27,28)17-15(21)9-14(20)10-16(17)22/h9-10,13H,5-8,11-12H2,1-4H3,(H,23,26). The second-order valence-corrected chi connectivity index (χ2v) is 11.6. The number of sulfonamides is 1. The predicted octanol–water partition coefficient (Wildman–Crippen LogP) is 3.75. The predicted molar refractivity (Wildman–Crippen MR) is 118 cm³/mol. The van der Waals surface area contributed by atoms with E-state index < -0.39 is 10.0 Å². The van der Waals surface area contributed by atoms with Crippen LogP contribution in [-0.4, -0.2) is 63.8 Å². The Kier molecular flexibility index (Phi) is 8.27. The Morgan fingerprint density at radius 1 is 1.17 bits per heavy atom. The van der Waals surface area contributed by atoms with Crippen molar-refractivity contribution >= 4 is 50.7 Å². The van der Waals surface area contributed by atoms with Crippen molar-refractivity contribution in [2.45, 2.75) is 31.6 Å². The van der Waals surface area contributed by atoms with Crippen LogP contribution < -0.4 is 5.32 Å². The number of amides is 1. The topological polar surface area (TPSA) is 69.7 Å². The second-order valence-electron chi connectivity index (χ2n) is 8.50. The minimum absolute atomic E-state index is 0.00881. The van der Waals surface area contributed by atoms with Crippen LogP contribution in [-0.2, 0) is 14.8 Å². The molecule has 0 radical (unpaired) electrons. The van der Waals surface area contributed by atoms with E-state index in [0.717, 1.165) is 6.54 Å². The Hall–Kier alpha value is -0.570. The van der Waals surface area contributed by atoms with E-state index in [9.17, 15) is 13.2 Å². The van der Waals surface area contributed by atoms with Crippen LogP contribution in [0.2, 0.25) is 15.1 Å². The third kappa shape index (κ3) is 6.45. The maximum Gasteiger partial charge on any atom is 0.246 e. The largest absolute Gasteiger partial charge is 0.355 e. The van der Waals surface area contributed by atoms with Gasteiger partial charge in [-0.15, -0.1) is 0 Å². The molecule has 1 N–H and O–H groups in total. The fourth-order valence-corrected chi connectivity index (χ4v) is 6.61. The Labute approximate surface area is 188 Å². The first-order valence-electron chi connectivity index (χ1n) is 9.40. The zero-order chi connectivity index (χ0) is 22.0. The van der Waals surface area contributed by atoms with Crippen molar-refractivity contribution in [1.29, 1.82) is 0 Å². The third-order valence-electron chi connectivity index (χ3n) is 4.87. The van der Waals surface area contributed by atoms with Crippen molar-refractivity contribution in [3.8, 4) is 0 Å². The van der Waals surface area contributed by atoms with Crippen LogP contribution in [0.25, 0.3) is 0 Å². The first-order valence-corrected chi connectivity index (χ1v) is 12.0. The van der Waals surface area contributed by atoms with E-state index in [1.165, 1.54) is 16.4 Å². The van der Waals surface area contributed by atoms with Gasteiger partial charge in [-0.25, -0.2) is 8.42 Å². The number of hydrogen-bond donors (Lipinski definition) is 1. The lowest BCUT2D eigenvalue weighted by Gasteiger charge is -2.32. The number of carbonyl (C=O) groups excluding carboxylic acids is 1. The van der Waals surface area contributed by atoms with Gasteiger partial charge in [0.25, 0.3) is 0 Å². The van der Waals surface area contributed by atoms with E-state index in [0.29, 0.717) is 19.4 Å². The van der Waals surface area contributed by atoms with Crippen molar-refractivity contribution in [2.24, 2.45) is 11.3 Å². The summed E-state index contributed by atoms with van der Waals surface area (Å²) in [5, 5.41) is 3.27. The highest BCUT2D eigenvalue weighted by atomic mass is 35.5. The van der Waals surface area contributed by atoms with Gasteiger partial charge in [0, 0.05) is 37.1 Å². The summed E-state index contributed by atoms with van der Waals surface area (Å²) in [5.74, 6) is -0.246. The van der Waals surface area contributed by atoms with Gasteiger partial charge in [-0.05, 0) is 44.5 Å². The van der Waals surface area contributed by atoms with Crippen LogP contribution in [0.15, 0.2) is 17.0 Å². The third-order valence-corrected chi connectivity index (χ3v) is 7.91. The van der Waals surface area contributed by atoms with Crippen molar-refractivity contribution in [3.63, 3.8) is 0 Å². The minimum Gasteiger partial charge on any atom is -0.355 e. The van der Waals surface area contributed by atoms with E-state index in [1.54, 1.807) is 0 Å². The monoisotopic (exact) mass is 483 g/mol. The van der Waals surface area contributed by atoms with E-state index in [4.69, 9.17) is 34.8 Å². The molecule has 1 amide bonds. The molecular formula is C19H28Cl3N3O3S. The molecule has 164 valence electrons. The normalized spacial score (nSPS) is 17.0. The molecule has 0 unspecified atom stereocenters. The molecule has 1 heterocycles. The van der Waals surface area contributed by atoms with Crippen LogP contribution in [0.3, 0.4) is 0 Å². The van der Waals surface area contributed by atoms with Crippen LogP contribution in [0.5, 0.6) is 0 Å². The first-order chi connectivity index (χ1) is 13.3. The highest BCUT2D eigenvalue weighted by Crippen LogP contribution is 2.36.